The van der Waals surface area contributed by atoms with Crippen molar-refractivity contribution >= 4 is 39.5 Å². The van der Waals surface area contributed by atoms with Crippen LogP contribution < -0.4 is 15.4 Å². The smallest absolute Gasteiger partial charge is 0.410 e. The quantitative estimate of drug-likeness (QED) is 0.529. The first-order chi connectivity index (χ1) is 15.7. The minimum Gasteiger partial charge on any atom is -0.445 e. The summed E-state index contributed by atoms with van der Waals surface area (Å²) < 4.78 is 31.8. The summed E-state index contributed by atoms with van der Waals surface area (Å²) in [4.78, 5) is 39.4. The van der Waals surface area contributed by atoms with Gasteiger partial charge in [0.15, 0.2) is 0 Å². The van der Waals surface area contributed by atoms with Crippen LogP contribution in [-0.2, 0) is 37.4 Å². The molecular formula is C21H25ClN4O6S. The number of ether oxygens (including phenoxy) is 1. The number of sulfonamides is 1. The van der Waals surface area contributed by atoms with Crippen molar-refractivity contribution in [1.82, 2.24) is 20.3 Å². The maximum Gasteiger partial charge on any atom is 0.410 e. The van der Waals surface area contributed by atoms with Crippen molar-refractivity contribution < 1.29 is 27.5 Å². The molecule has 2 heterocycles. The molecule has 0 radical (unpaired) electrons. The lowest BCUT2D eigenvalue weighted by molar-refractivity contribution is -0.130. The van der Waals surface area contributed by atoms with E-state index in [0.29, 0.717) is 50.3 Å². The molecule has 2 atom stereocenters. The maximum atomic E-state index is 12.7. The highest BCUT2D eigenvalue weighted by Gasteiger charge is 2.54. The van der Waals surface area contributed by atoms with Gasteiger partial charge in [-0.05, 0) is 42.9 Å². The molecule has 5 rings (SSSR count). The Morgan fingerprint density at radius 2 is 1.94 bits per heavy atom. The predicted octanol–water partition coefficient (Wildman–Crippen LogP) is 0.780. The summed E-state index contributed by atoms with van der Waals surface area (Å²) in [6, 6.07) is 4.91. The highest BCUT2D eigenvalue weighted by Crippen LogP contribution is 2.37. The molecule has 0 aromatic heterocycles. The number of amides is 3. The Kier molecular flexibility index (Phi) is 5.53. The number of nitrogens with zero attached hydrogens (tertiary/aromatic N) is 1. The second-order valence-electron chi connectivity index (χ2n) is 9.18. The summed E-state index contributed by atoms with van der Waals surface area (Å²) in [6.45, 7) is 1.10. The molecule has 4 aliphatic rings. The maximum absolute atomic E-state index is 12.7. The van der Waals surface area contributed by atoms with Crippen molar-refractivity contribution in [3.63, 3.8) is 0 Å². The molecule has 0 unspecified atom stereocenters. The lowest BCUT2D eigenvalue weighted by atomic mass is 10.1. The van der Waals surface area contributed by atoms with E-state index in [-0.39, 0.29) is 6.42 Å². The Bertz CT molecular complexity index is 1120. The lowest BCUT2D eigenvalue weighted by Crippen LogP contribution is -2.54. The second-order valence-corrected chi connectivity index (χ2v) is 11.6. The number of carbonyl (C=O) groups excluding carboxylic acids is 3. The molecule has 3 amide bonds. The monoisotopic (exact) mass is 496 g/mol. The van der Waals surface area contributed by atoms with Crippen LogP contribution in [0.5, 0.6) is 0 Å². The number of hydrogen-bond acceptors (Lipinski definition) is 7. The first-order valence-electron chi connectivity index (χ1n) is 11.0. The minimum atomic E-state index is -3.67. The van der Waals surface area contributed by atoms with E-state index >= 15 is 0 Å². The van der Waals surface area contributed by atoms with E-state index in [1.165, 1.54) is 0 Å². The molecule has 2 aliphatic carbocycles. The van der Waals surface area contributed by atoms with E-state index < -0.39 is 50.9 Å². The first-order valence-corrected chi connectivity index (χ1v) is 12.9. The number of fused-ring (bicyclic) bond motifs is 1. The van der Waals surface area contributed by atoms with Crippen LogP contribution in [0, 0.1) is 0 Å². The molecule has 3 fully saturated rings. The molecule has 1 aromatic rings. The fourth-order valence-electron chi connectivity index (χ4n) is 4.27. The van der Waals surface area contributed by atoms with Gasteiger partial charge in [-0.2, -0.15) is 0 Å². The molecule has 178 valence electrons. The van der Waals surface area contributed by atoms with Crippen LogP contribution in [-0.4, -0.2) is 60.7 Å². The highest BCUT2D eigenvalue weighted by molar-refractivity contribution is 7.91. The lowest BCUT2D eigenvalue weighted by Gasteiger charge is -2.20. The van der Waals surface area contributed by atoms with Gasteiger partial charge in [-0.15, -0.1) is 0 Å². The molecule has 2 aliphatic heterocycles. The van der Waals surface area contributed by atoms with Crippen LogP contribution in [0.4, 0.5) is 4.79 Å². The van der Waals surface area contributed by atoms with Gasteiger partial charge in [-0.3, -0.25) is 19.2 Å². The highest BCUT2D eigenvalue weighted by atomic mass is 35.5. The normalized spacial score (nSPS) is 25.3. The molecule has 12 heteroatoms. The van der Waals surface area contributed by atoms with Gasteiger partial charge >= 0.3 is 6.09 Å². The molecule has 0 bridgehead atoms. The Hall–Kier alpha value is -2.37. The molecule has 0 spiro atoms. The van der Waals surface area contributed by atoms with E-state index in [0.717, 1.165) is 11.1 Å². The van der Waals surface area contributed by atoms with Gasteiger partial charge < -0.3 is 15.4 Å². The molecule has 1 saturated heterocycles. The summed E-state index contributed by atoms with van der Waals surface area (Å²) in [5, 5.41) is 5.81. The fraction of sp³-hybridized carbons (Fsp3) is 0.571. The Morgan fingerprint density at radius 3 is 2.61 bits per heavy atom. The second kappa shape index (κ2) is 8.14. The number of benzene rings is 1. The molecule has 1 aromatic carbocycles. The van der Waals surface area contributed by atoms with Gasteiger partial charge in [0.05, 0.1) is 17.8 Å². The van der Waals surface area contributed by atoms with Crippen LogP contribution in [0.3, 0.4) is 0 Å². The van der Waals surface area contributed by atoms with E-state index in [9.17, 15) is 22.8 Å². The van der Waals surface area contributed by atoms with E-state index in [2.05, 4.69) is 15.4 Å². The number of carbonyl (C=O) groups is 3. The predicted molar refractivity (Wildman–Crippen MR) is 118 cm³/mol. The van der Waals surface area contributed by atoms with Gasteiger partial charge in [0.2, 0.25) is 15.9 Å². The first kappa shape index (κ1) is 22.4. The van der Waals surface area contributed by atoms with Gasteiger partial charge in [-0.25, -0.2) is 13.2 Å². The summed E-state index contributed by atoms with van der Waals surface area (Å²) in [5.74, 6) is -1.10. The van der Waals surface area contributed by atoms with Crippen molar-refractivity contribution in [2.75, 3.05) is 6.54 Å². The van der Waals surface area contributed by atoms with E-state index in [1.807, 2.05) is 12.1 Å². The van der Waals surface area contributed by atoms with Crippen molar-refractivity contribution in [1.29, 1.82) is 0 Å². The summed E-state index contributed by atoms with van der Waals surface area (Å²) in [5.41, 5.74) is 0.711. The van der Waals surface area contributed by atoms with Gasteiger partial charge in [-0.1, -0.05) is 23.7 Å². The average Bonchev–Trinajstić information content (AvgIpc) is 3.67. The third kappa shape index (κ3) is 4.53. The third-order valence-electron chi connectivity index (χ3n) is 6.60. The average molecular weight is 497 g/mol. The molecule has 10 nitrogen and oxygen atoms in total. The van der Waals surface area contributed by atoms with E-state index in [4.69, 9.17) is 16.3 Å². The molecule has 33 heavy (non-hydrogen) atoms. The summed E-state index contributed by atoms with van der Waals surface area (Å²) >= 11 is 6.20. The Morgan fingerprint density at radius 1 is 1.18 bits per heavy atom. The number of nitrogens with one attached hydrogen (secondary N) is 3. The standard InChI is InChI=1S/C21H25ClN4O6S/c22-16-3-1-2-12-10-26(11-15(12)16)20(29)32-13-8-17(23-9-13)18(27)24-21(6-7-21)19(28)25-33(30,31)14-4-5-14/h1-3,13-14,17,23H,4-11H2,(H,24,27)(H,25,28)/t13-,17+/m1/s1. The van der Waals surface area contributed by atoms with Gasteiger partial charge in [0, 0.05) is 24.5 Å². The van der Waals surface area contributed by atoms with Crippen molar-refractivity contribution in [2.45, 2.75) is 68.1 Å². The van der Waals surface area contributed by atoms with Crippen molar-refractivity contribution in [2.24, 2.45) is 0 Å². The molecular weight excluding hydrogens is 472 g/mol. The zero-order chi connectivity index (χ0) is 23.4. The molecule has 3 N–H and O–H groups in total. The summed E-state index contributed by atoms with van der Waals surface area (Å²) in [7, 11) is -3.67. The van der Waals surface area contributed by atoms with E-state index in [1.54, 1.807) is 11.0 Å². The Balaban J connectivity index is 1.12. The third-order valence-corrected chi connectivity index (χ3v) is 8.78. The number of rotatable bonds is 6. The zero-order valence-corrected chi connectivity index (χ0v) is 19.4. The fourth-order valence-corrected chi connectivity index (χ4v) is 5.90. The van der Waals surface area contributed by atoms with Crippen LogP contribution in [0.25, 0.3) is 0 Å². The van der Waals surface area contributed by atoms with Crippen LogP contribution in [0.2, 0.25) is 5.02 Å². The van der Waals surface area contributed by atoms with Crippen molar-refractivity contribution in [3.05, 3.63) is 34.3 Å². The SMILES string of the molecule is O=C(NC1(C(=O)NS(=O)(=O)C2CC2)CC1)[C@@H]1C[C@@H](OC(=O)N2Cc3cccc(Cl)c3C2)CN1. The van der Waals surface area contributed by atoms with Gasteiger partial charge in [0.25, 0.3) is 5.91 Å². The largest absolute Gasteiger partial charge is 0.445 e. The summed E-state index contributed by atoms with van der Waals surface area (Å²) in [6.07, 6.45) is 1.15. The topological polar surface area (TPSA) is 134 Å². The van der Waals surface area contributed by atoms with Gasteiger partial charge in [0.1, 0.15) is 11.6 Å². The molecule has 2 saturated carbocycles. The van der Waals surface area contributed by atoms with Crippen LogP contribution in [0.15, 0.2) is 18.2 Å². The zero-order valence-electron chi connectivity index (χ0n) is 17.8. The number of halogens is 1. The van der Waals surface area contributed by atoms with Crippen LogP contribution >= 0.6 is 11.6 Å². The number of hydrogen-bond donors (Lipinski definition) is 3. The van der Waals surface area contributed by atoms with Crippen molar-refractivity contribution in [3.8, 4) is 0 Å². The van der Waals surface area contributed by atoms with Crippen LogP contribution in [0.1, 0.15) is 43.2 Å². The minimum absolute atomic E-state index is 0.261. The Labute approximate surface area is 196 Å².